The van der Waals surface area contributed by atoms with Crippen molar-refractivity contribution in [3.05, 3.63) is 28.2 Å². The molecule has 106 valence electrons. The number of Topliss-reactive ketones (excluding diaryl/α,β-unsaturated/α-hetero) is 1. The lowest BCUT2D eigenvalue weighted by Gasteiger charge is -2.19. The molecule has 2 rings (SSSR count). The third-order valence-electron chi connectivity index (χ3n) is 2.46. The largest absolute Gasteiger partial charge is 0.465 e. The Hall–Kier alpha value is -2.42. The van der Waals surface area contributed by atoms with Gasteiger partial charge in [-0.05, 0) is 6.92 Å². The minimum atomic E-state index is -1.52. The van der Waals surface area contributed by atoms with Crippen LogP contribution in [0.4, 0.5) is 4.79 Å². The van der Waals surface area contributed by atoms with Crippen molar-refractivity contribution in [2.75, 3.05) is 0 Å². The zero-order valence-electron chi connectivity index (χ0n) is 10.5. The number of carbonyl (C=O) groups is 3. The number of thiazole rings is 1. The number of nitrogens with one attached hydrogen (secondary N) is 1. The molecule has 2 heterocycles. The zero-order chi connectivity index (χ0) is 14.9. The van der Waals surface area contributed by atoms with Crippen molar-refractivity contribution in [3.63, 3.8) is 0 Å². The van der Waals surface area contributed by atoms with Gasteiger partial charge in [0, 0.05) is 18.5 Å². The van der Waals surface area contributed by atoms with Crippen LogP contribution >= 0.6 is 11.3 Å². The first-order valence-electron chi connectivity index (χ1n) is 5.41. The molecule has 0 saturated heterocycles. The third kappa shape index (κ3) is 2.35. The average molecular weight is 298 g/mol. The number of ketones is 1. The van der Waals surface area contributed by atoms with E-state index in [0.717, 1.165) is 6.92 Å². The van der Waals surface area contributed by atoms with Gasteiger partial charge in [-0.3, -0.25) is 14.9 Å². The van der Waals surface area contributed by atoms with Gasteiger partial charge in [0.1, 0.15) is 5.01 Å². The molecule has 1 aliphatic rings. The van der Waals surface area contributed by atoms with E-state index in [0.29, 0.717) is 5.01 Å². The predicted molar refractivity (Wildman–Crippen MR) is 65.5 cm³/mol. The maximum atomic E-state index is 12.3. The molecule has 0 aliphatic carbocycles. The Kier molecular flexibility index (Phi) is 3.45. The fraction of sp³-hybridized carbons (Fsp3) is 0.273. The molecule has 0 saturated carbocycles. The molecule has 1 unspecified atom stereocenters. The zero-order valence-corrected chi connectivity index (χ0v) is 11.3. The standard InChI is InChI=1S/C11H10N2O6S/c1-5(14)18-6-7(15)11(2,9-12-3-4-20-9)19-8(6)13-10(16)17/h3-4,13H,1-2H3,(H,16,17). The molecule has 8 nitrogen and oxygen atoms in total. The molecule has 1 amide bonds. The van der Waals surface area contributed by atoms with Gasteiger partial charge in [-0.2, -0.15) is 0 Å². The summed E-state index contributed by atoms with van der Waals surface area (Å²) < 4.78 is 10.1. The number of esters is 1. The van der Waals surface area contributed by atoms with Crippen molar-refractivity contribution >= 4 is 29.2 Å². The number of rotatable bonds is 3. The average Bonchev–Trinajstić information content (AvgIpc) is 2.93. The van der Waals surface area contributed by atoms with Crippen LogP contribution in [0.5, 0.6) is 0 Å². The normalized spacial score (nSPS) is 21.6. The van der Waals surface area contributed by atoms with E-state index >= 15 is 0 Å². The highest BCUT2D eigenvalue weighted by Crippen LogP contribution is 2.39. The molecule has 1 aromatic heterocycles. The summed E-state index contributed by atoms with van der Waals surface area (Å²) in [5.41, 5.74) is -1.52. The van der Waals surface area contributed by atoms with Crippen molar-refractivity contribution < 1.29 is 29.0 Å². The van der Waals surface area contributed by atoms with Gasteiger partial charge < -0.3 is 14.6 Å². The van der Waals surface area contributed by atoms with Gasteiger partial charge in [-0.25, -0.2) is 9.78 Å². The van der Waals surface area contributed by atoms with Crippen molar-refractivity contribution in [1.82, 2.24) is 10.3 Å². The number of carboxylic acid groups (broad SMARTS) is 1. The number of amides is 1. The van der Waals surface area contributed by atoms with Gasteiger partial charge in [0.15, 0.2) is 0 Å². The summed E-state index contributed by atoms with van der Waals surface area (Å²) in [6.07, 6.45) is 0.0385. The Morgan fingerprint density at radius 1 is 1.55 bits per heavy atom. The van der Waals surface area contributed by atoms with Crippen LogP contribution in [-0.2, 0) is 24.7 Å². The summed E-state index contributed by atoms with van der Waals surface area (Å²) in [6.45, 7) is 2.52. The first-order valence-corrected chi connectivity index (χ1v) is 6.29. The smallest absolute Gasteiger partial charge is 0.411 e. The topological polar surface area (TPSA) is 115 Å². The summed E-state index contributed by atoms with van der Waals surface area (Å²) in [4.78, 5) is 38.0. The van der Waals surface area contributed by atoms with E-state index in [1.54, 1.807) is 5.38 Å². The van der Waals surface area contributed by atoms with Gasteiger partial charge in [0.25, 0.3) is 5.78 Å². The van der Waals surface area contributed by atoms with Crippen LogP contribution in [0.25, 0.3) is 0 Å². The van der Waals surface area contributed by atoms with E-state index in [4.69, 9.17) is 14.6 Å². The lowest BCUT2D eigenvalue weighted by Crippen LogP contribution is -2.32. The molecular weight excluding hydrogens is 288 g/mol. The van der Waals surface area contributed by atoms with Gasteiger partial charge in [-0.1, -0.05) is 0 Å². The molecule has 1 aliphatic heterocycles. The molecular formula is C11H10N2O6S. The fourth-order valence-corrected chi connectivity index (χ4v) is 2.36. The van der Waals surface area contributed by atoms with E-state index in [-0.39, 0.29) is 0 Å². The van der Waals surface area contributed by atoms with Crippen LogP contribution in [0.2, 0.25) is 0 Å². The summed E-state index contributed by atoms with van der Waals surface area (Å²) in [6, 6.07) is 0. The van der Waals surface area contributed by atoms with Crippen LogP contribution in [-0.4, -0.2) is 27.9 Å². The molecule has 0 radical (unpaired) electrons. The van der Waals surface area contributed by atoms with Gasteiger partial charge in [-0.15, -0.1) is 11.3 Å². The van der Waals surface area contributed by atoms with E-state index in [1.807, 2.05) is 5.32 Å². The van der Waals surface area contributed by atoms with Crippen molar-refractivity contribution in [3.8, 4) is 0 Å². The second-order valence-electron chi connectivity index (χ2n) is 3.98. The van der Waals surface area contributed by atoms with E-state index < -0.39 is 35.1 Å². The minimum absolute atomic E-state index is 0.328. The van der Waals surface area contributed by atoms with Crippen molar-refractivity contribution in [2.24, 2.45) is 0 Å². The molecule has 1 atom stereocenters. The van der Waals surface area contributed by atoms with Crippen LogP contribution in [0, 0.1) is 0 Å². The number of nitrogens with zero attached hydrogens (tertiary/aromatic N) is 1. The Bertz CT molecular complexity index is 608. The maximum absolute atomic E-state index is 12.3. The minimum Gasteiger partial charge on any atom is -0.465 e. The molecule has 20 heavy (non-hydrogen) atoms. The molecule has 0 fully saturated rings. The predicted octanol–water partition coefficient (Wildman–Crippen LogP) is 0.957. The highest BCUT2D eigenvalue weighted by molar-refractivity contribution is 7.09. The summed E-state index contributed by atoms with van der Waals surface area (Å²) >= 11 is 1.17. The van der Waals surface area contributed by atoms with Gasteiger partial charge >= 0.3 is 12.1 Å². The number of carbonyl (C=O) groups excluding carboxylic acids is 2. The SMILES string of the molecule is CC(=O)OC1=C(NC(=O)O)OC(C)(c2nccs2)C1=O. The Labute approximate surface area is 117 Å². The third-order valence-corrected chi connectivity index (χ3v) is 3.43. The van der Waals surface area contributed by atoms with Crippen LogP contribution in [0.3, 0.4) is 0 Å². The first kappa shape index (κ1) is 14.0. The number of hydrogen-bond donors (Lipinski definition) is 2. The Morgan fingerprint density at radius 3 is 2.75 bits per heavy atom. The highest BCUT2D eigenvalue weighted by atomic mass is 32.1. The molecule has 0 bridgehead atoms. The van der Waals surface area contributed by atoms with Crippen LogP contribution in [0.15, 0.2) is 23.2 Å². The molecule has 1 aromatic rings. The monoisotopic (exact) mass is 298 g/mol. The summed E-state index contributed by atoms with van der Waals surface area (Å²) in [5, 5.41) is 12.6. The fourth-order valence-electron chi connectivity index (χ4n) is 1.63. The maximum Gasteiger partial charge on any atom is 0.411 e. The molecule has 2 N–H and O–H groups in total. The Balaban J connectivity index is 2.40. The first-order chi connectivity index (χ1) is 9.34. The van der Waals surface area contributed by atoms with Crippen molar-refractivity contribution in [1.29, 1.82) is 0 Å². The molecule has 0 aromatic carbocycles. The highest BCUT2D eigenvalue weighted by Gasteiger charge is 2.51. The van der Waals surface area contributed by atoms with Gasteiger partial charge in [0.2, 0.25) is 17.2 Å². The summed E-state index contributed by atoms with van der Waals surface area (Å²) in [7, 11) is 0. The number of ether oxygens (including phenoxy) is 2. The second kappa shape index (κ2) is 4.93. The molecule has 0 spiro atoms. The lowest BCUT2D eigenvalue weighted by molar-refractivity contribution is -0.142. The van der Waals surface area contributed by atoms with Gasteiger partial charge in [0.05, 0.1) is 0 Å². The van der Waals surface area contributed by atoms with E-state index in [2.05, 4.69) is 4.98 Å². The molecule has 9 heteroatoms. The Morgan fingerprint density at radius 2 is 2.25 bits per heavy atom. The second-order valence-corrected chi connectivity index (χ2v) is 4.88. The van der Waals surface area contributed by atoms with Crippen LogP contribution in [0.1, 0.15) is 18.9 Å². The van der Waals surface area contributed by atoms with Crippen LogP contribution < -0.4 is 5.32 Å². The van der Waals surface area contributed by atoms with E-state index in [9.17, 15) is 14.4 Å². The lowest BCUT2D eigenvalue weighted by atomic mass is 10.0. The van der Waals surface area contributed by atoms with Crippen molar-refractivity contribution in [2.45, 2.75) is 19.4 Å². The van der Waals surface area contributed by atoms with E-state index in [1.165, 1.54) is 24.5 Å². The quantitative estimate of drug-likeness (QED) is 0.798. The summed E-state index contributed by atoms with van der Waals surface area (Å²) in [5.74, 6) is -2.33. The number of aromatic nitrogens is 1. The number of hydrogen-bond acceptors (Lipinski definition) is 7.